The molecule has 0 unspecified atom stereocenters. The van der Waals surface area contributed by atoms with Crippen LogP contribution in [0.15, 0.2) is 18.2 Å². The molecule has 0 fully saturated rings. The number of ketones is 1. The Labute approximate surface area is 134 Å². The molecule has 0 aromatic heterocycles. The van der Waals surface area contributed by atoms with Gasteiger partial charge in [0.15, 0.2) is 11.5 Å². The van der Waals surface area contributed by atoms with Crippen LogP contribution < -0.4 is 15.2 Å². The summed E-state index contributed by atoms with van der Waals surface area (Å²) in [7, 11) is 3.24. The largest absolute Gasteiger partial charge is 0.493 e. The molecule has 0 saturated carbocycles. The number of benzene rings is 1. The van der Waals surface area contributed by atoms with E-state index in [0.29, 0.717) is 6.42 Å². The maximum atomic E-state index is 12.1. The number of methoxy groups -OCH3 is 2. The van der Waals surface area contributed by atoms with Gasteiger partial charge in [0.25, 0.3) is 0 Å². The normalized spacial score (nSPS) is 12.8. The Morgan fingerprint density at radius 1 is 1.18 bits per heavy atom. The number of hydrogen-bond acceptors (Lipinski definition) is 4. The summed E-state index contributed by atoms with van der Waals surface area (Å²) in [5.74, 6) is 1.58. The molecule has 2 N–H and O–H groups in total. The van der Waals surface area contributed by atoms with Crippen molar-refractivity contribution in [3.63, 3.8) is 0 Å². The summed E-state index contributed by atoms with van der Waals surface area (Å²) < 4.78 is 10.5. The lowest BCUT2D eigenvalue weighted by Gasteiger charge is -2.22. The number of Topliss-reactive ketones (excluding diaryl/α,β-unsaturated/α-hetero) is 1. The number of aryl methyl sites for hydroxylation is 1. The van der Waals surface area contributed by atoms with Gasteiger partial charge >= 0.3 is 0 Å². The van der Waals surface area contributed by atoms with Crippen LogP contribution >= 0.6 is 0 Å². The number of carbonyl (C=O) groups excluding carboxylic acids is 1. The van der Waals surface area contributed by atoms with Crippen molar-refractivity contribution in [2.75, 3.05) is 14.2 Å². The minimum atomic E-state index is -0.356. The highest BCUT2D eigenvalue weighted by Crippen LogP contribution is 2.28. The van der Waals surface area contributed by atoms with E-state index in [1.807, 2.05) is 18.2 Å². The topological polar surface area (TPSA) is 61.5 Å². The fraction of sp³-hybridized carbons (Fsp3) is 0.611. The van der Waals surface area contributed by atoms with Crippen molar-refractivity contribution in [1.82, 2.24) is 0 Å². The third-order valence-electron chi connectivity index (χ3n) is 3.58. The molecule has 0 heterocycles. The molecule has 0 aliphatic rings. The molecule has 4 heteroatoms. The van der Waals surface area contributed by atoms with E-state index in [4.69, 9.17) is 15.2 Å². The Bertz CT molecular complexity index is 492. The first-order valence-electron chi connectivity index (χ1n) is 7.76. The highest BCUT2D eigenvalue weighted by molar-refractivity contribution is 5.83. The second kappa shape index (κ2) is 8.18. The van der Waals surface area contributed by atoms with Gasteiger partial charge in [0, 0.05) is 6.42 Å². The van der Waals surface area contributed by atoms with Crippen molar-refractivity contribution in [1.29, 1.82) is 0 Å². The third kappa shape index (κ3) is 6.06. The fourth-order valence-corrected chi connectivity index (χ4v) is 2.46. The van der Waals surface area contributed by atoms with Gasteiger partial charge in [-0.15, -0.1) is 0 Å². The van der Waals surface area contributed by atoms with Crippen LogP contribution in [0.2, 0.25) is 0 Å². The van der Waals surface area contributed by atoms with Crippen molar-refractivity contribution in [2.45, 2.75) is 52.5 Å². The lowest BCUT2D eigenvalue weighted by Crippen LogP contribution is -2.34. The van der Waals surface area contributed by atoms with Crippen LogP contribution in [0, 0.1) is 5.41 Å². The predicted molar refractivity (Wildman–Crippen MR) is 89.5 cm³/mol. The zero-order valence-corrected chi connectivity index (χ0v) is 14.4. The van der Waals surface area contributed by atoms with Gasteiger partial charge in [-0.25, -0.2) is 0 Å². The first-order chi connectivity index (χ1) is 10.3. The molecule has 0 bridgehead atoms. The number of hydrogen-bond donors (Lipinski definition) is 1. The van der Waals surface area contributed by atoms with Crippen LogP contribution in [0.4, 0.5) is 0 Å². The Morgan fingerprint density at radius 2 is 1.82 bits per heavy atom. The smallest absolute Gasteiger partial charge is 0.160 e. The molecule has 0 spiro atoms. The summed E-state index contributed by atoms with van der Waals surface area (Å²) in [6.07, 6.45) is 2.87. The Balaban J connectivity index is 2.49. The first kappa shape index (κ1) is 18.5. The van der Waals surface area contributed by atoms with E-state index >= 15 is 0 Å². The quantitative estimate of drug-likeness (QED) is 0.800. The average Bonchev–Trinajstić information content (AvgIpc) is 2.45. The summed E-state index contributed by atoms with van der Waals surface area (Å²) in [5.41, 5.74) is 7.20. The summed E-state index contributed by atoms with van der Waals surface area (Å²) in [4.78, 5) is 12.1. The molecule has 1 atom stereocenters. The molecule has 4 nitrogen and oxygen atoms in total. The molecule has 0 aliphatic carbocycles. The molecule has 124 valence electrons. The molecule has 0 amide bonds. The van der Waals surface area contributed by atoms with Crippen molar-refractivity contribution < 1.29 is 14.3 Å². The number of ether oxygens (including phenoxy) is 2. The van der Waals surface area contributed by atoms with Gasteiger partial charge in [-0.05, 0) is 42.4 Å². The average molecular weight is 307 g/mol. The standard InChI is InChI=1S/C18H29NO3/c1-18(2,3)12-14(19)15(20)8-6-7-13-9-10-16(21-4)17(11-13)22-5/h9-11,14H,6-8,12,19H2,1-5H3/t14-/m1/s1. The monoisotopic (exact) mass is 307 g/mol. The van der Waals surface area contributed by atoms with E-state index in [2.05, 4.69) is 20.8 Å². The second-order valence-electron chi connectivity index (χ2n) is 6.88. The van der Waals surface area contributed by atoms with Crippen LogP contribution in [0.25, 0.3) is 0 Å². The summed E-state index contributed by atoms with van der Waals surface area (Å²) >= 11 is 0. The van der Waals surface area contributed by atoms with Crippen molar-refractivity contribution >= 4 is 5.78 Å². The maximum Gasteiger partial charge on any atom is 0.160 e. The highest BCUT2D eigenvalue weighted by atomic mass is 16.5. The molecule has 1 aromatic rings. The summed E-state index contributed by atoms with van der Waals surface area (Å²) in [6.45, 7) is 6.30. The Kier molecular flexibility index (Phi) is 6.88. The van der Waals surface area contributed by atoms with Gasteiger partial charge in [-0.3, -0.25) is 4.79 Å². The SMILES string of the molecule is COc1ccc(CCCC(=O)[C@H](N)CC(C)(C)C)cc1OC. The minimum absolute atomic E-state index is 0.0818. The fourth-order valence-electron chi connectivity index (χ4n) is 2.46. The van der Waals surface area contributed by atoms with Crippen LogP contribution in [0.1, 0.15) is 45.6 Å². The molecule has 0 saturated heterocycles. The maximum absolute atomic E-state index is 12.1. The third-order valence-corrected chi connectivity index (χ3v) is 3.58. The molecule has 1 rings (SSSR count). The van der Waals surface area contributed by atoms with Gasteiger partial charge < -0.3 is 15.2 Å². The molecule has 0 aliphatic heterocycles. The summed E-state index contributed by atoms with van der Waals surface area (Å²) in [5, 5.41) is 0. The lowest BCUT2D eigenvalue weighted by atomic mass is 9.86. The van der Waals surface area contributed by atoms with Gasteiger partial charge in [0.1, 0.15) is 5.78 Å². The summed E-state index contributed by atoms with van der Waals surface area (Å²) in [6, 6.07) is 5.49. The van der Waals surface area contributed by atoms with E-state index in [1.54, 1.807) is 14.2 Å². The molecule has 0 radical (unpaired) electrons. The molecule has 22 heavy (non-hydrogen) atoms. The number of carbonyl (C=O) groups is 1. The molecular formula is C18H29NO3. The molecular weight excluding hydrogens is 278 g/mol. The van der Waals surface area contributed by atoms with Crippen LogP contribution in [-0.4, -0.2) is 26.0 Å². The van der Waals surface area contributed by atoms with Crippen LogP contribution in [0.5, 0.6) is 11.5 Å². The van der Waals surface area contributed by atoms with E-state index in [-0.39, 0.29) is 17.2 Å². The van der Waals surface area contributed by atoms with Crippen molar-refractivity contribution in [2.24, 2.45) is 11.1 Å². The van der Waals surface area contributed by atoms with Gasteiger partial charge in [-0.2, -0.15) is 0 Å². The van der Waals surface area contributed by atoms with Crippen molar-refractivity contribution in [3.05, 3.63) is 23.8 Å². The van der Waals surface area contributed by atoms with Gasteiger partial charge in [0.05, 0.1) is 20.3 Å². The first-order valence-corrected chi connectivity index (χ1v) is 7.76. The number of nitrogens with two attached hydrogens (primary N) is 1. The molecule has 1 aromatic carbocycles. The Hall–Kier alpha value is -1.55. The zero-order chi connectivity index (χ0) is 16.8. The van der Waals surface area contributed by atoms with E-state index in [0.717, 1.165) is 36.3 Å². The van der Waals surface area contributed by atoms with Crippen molar-refractivity contribution in [3.8, 4) is 11.5 Å². The van der Waals surface area contributed by atoms with Gasteiger partial charge in [0.2, 0.25) is 0 Å². The predicted octanol–water partition coefficient (Wildman–Crippen LogP) is 3.36. The lowest BCUT2D eigenvalue weighted by molar-refractivity contribution is -0.121. The van der Waals surface area contributed by atoms with E-state index in [9.17, 15) is 4.79 Å². The van der Waals surface area contributed by atoms with Crippen LogP contribution in [0.3, 0.4) is 0 Å². The minimum Gasteiger partial charge on any atom is -0.493 e. The van der Waals surface area contributed by atoms with Gasteiger partial charge in [-0.1, -0.05) is 26.8 Å². The zero-order valence-electron chi connectivity index (χ0n) is 14.4. The second-order valence-corrected chi connectivity index (χ2v) is 6.88. The Morgan fingerprint density at radius 3 is 2.36 bits per heavy atom. The van der Waals surface area contributed by atoms with E-state index < -0.39 is 0 Å². The highest BCUT2D eigenvalue weighted by Gasteiger charge is 2.20. The number of rotatable bonds is 8. The van der Waals surface area contributed by atoms with Crippen LogP contribution in [-0.2, 0) is 11.2 Å². The van der Waals surface area contributed by atoms with E-state index in [1.165, 1.54) is 0 Å².